The Morgan fingerprint density at radius 1 is 1.09 bits per heavy atom. The first kappa shape index (κ1) is 24.6. The summed E-state index contributed by atoms with van der Waals surface area (Å²) in [5.74, 6) is 1.44. The second-order valence-electron chi connectivity index (χ2n) is 9.22. The van der Waals surface area contributed by atoms with Gasteiger partial charge in [-0.15, -0.1) is 0 Å². The van der Waals surface area contributed by atoms with Crippen molar-refractivity contribution in [2.45, 2.75) is 70.3 Å². The zero-order valence-corrected chi connectivity index (χ0v) is 19.9. The molecule has 178 valence electrons. The molecule has 0 aromatic heterocycles. The first-order chi connectivity index (χ1) is 15.7. The van der Waals surface area contributed by atoms with E-state index in [1.165, 1.54) is 44.1 Å². The number of carbonyl (C=O) groups excluding carboxylic acids is 1. The summed E-state index contributed by atoms with van der Waals surface area (Å²) >= 11 is 0. The van der Waals surface area contributed by atoms with E-state index in [0.717, 1.165) is 58.0 Å². The Labute approximate surface area is 194 Å². The van der Waals surface area contributed by atoms with Crippen LogP contribution in [0.5, 0.6) is 0 Å². The normalized spacial score (nSPS) is 20.0. The molecule has 1 atom stereocenters. The zero-order valence-electron chi connectivity index (χ0n) is 19.9. The maximum absolute atomic E-state index is 12.4. The molecule has 0 bridgehead atoms. The van der Waals surface area contributed by atoms with Crippen molar-refractivity contribution in [1.82, 2.24) is 15.5 Å². The van der Waals surface area contributed by atoms with Crippen LogP contribution >= 0.6 is 0 Å². The molecule has 6 heteroatoms. The van der Waals surface area contributed by atoms with Crippen molar-refractivity contribution in [3.8, 4) is 0 Å². The van der Waals surface area contributed by atoms with Crippen molar-refractivity contribution >= 4 is 11.9 Å². The Bertz CT molecular complexity index is 688. The van der Waals surface area contributed by atoms with Crippen LogP contribution < -0.4 is 10.6 Å². The van der Waals surface area contributed by atoms with Crippen LogP contribution in [0, 0.1) is 5.92 Å². The SMILES string of the molecule is CN=C(NCCCCCOC1CCCCC1)NCC1CC(=O)N(CCc2ccccc2)C1. The highest BCUT2D eigenvalue weighted by Gasteiger charge is 2.29. The first-order valence-electron chi connectivity index (χ1n) is 12.6. The second kappa shape index (κ2) is 14.1. The molecule has 1 aromatic rings. The number of ether oxygens (including phenoxy) is 1. The molecule has 1 aliphatic carbocycles. The van der Waals surface area contributed by atoms with Crippen LogP contribution in [0.2, 0.25) is 0 Å². The molecule has 0 spiro atoms. The number of benzene rings is 1. The molecule has 1 saturated heterocycles. The summed E-state index contributed by atoms with van der Waals surface area (Å²) in [6, 6.07) is 10.4. The fourth-order valence-corrected chi connectivity index (χ4v) is 4.67. The third-order valence-electron chi connectivity index (χ3n) is 6.61. The van der Waals surface area contributed by atoms with Gasteiger partial charge >= 0.3 is 0 Å². The van der Waals surface area contributed by atoms with Crippen LogP contribution in [-0.4, -0.2) is 62.7 Å². The Hall–Kier alpha value is -2.08. The van der Waals surface area contributed by atoms with Crippen LogP contribution in [0.1, 0.15) is 63.4 Å². The number of nitrogens with one attached hydrogen (secondary N) is 2. The van der Waals surface area contributed by atoms with E-state index < -0.39 is 0 Å². The summed E-state index contributed by atoms with van der Waals surface area (Å²) < 4.78 is 6.00. The largest absolute Gasteiger partial charge is 0.378 e. The standard InChI is InChI=1S/C26H42N4O2/c1-27-26(28-16-9-4-10-18-32-24-13-7-3-8-14-24)29-20-23-19-25(31)30(21-23)17-15-22-11-5-2-6-12-22/h2,5-6,11-12,23-24H,3-4,7-10,13-21H2,1H3,(H2,27,28,29). The van der Waals surface area contributed by atoms with E-state index in [-0.39, 0.29) is 5.91 Å². The molecule has 1 amide bonds. The number of aliphatic imine (C=N–C) groups is 1. The lowest BCUT2D eigenvalue weighted by atomic mass is 9.98. The van der Waals surface area contributed by atoms with Gasteiger partial charge in [0.05, 0.1) is 6.10 Å². The average Bonchev–Trinajstić information content (AvgIpc) is 3.19. The summed E-state index contributed by atoms with van der Waals surface area (Å²) in [6.45, 7) is 4.22. The number of amides is 1. The topological polar surface area (TPSA) is 66.0 Å². The number of hydrogen-bond acceptors (Lipinski definition) is 3. The summed E-state index contributed by atoms with van der Waals surface area (Å²) in [6.07, 6.45) is 12.0. The van der Waals surface area contributed by atoms with Crippen molar-refractivity contribution in [2.24, 2.45) is 10.9 Å². The minimum atomic E-state index is 0.270. The van der Waals surface area contributed by atoms with Crippen LogP contribution in [-0.2, 0) is 16.0 Å². The molecule has 2 aliphatic rings. The first-order valence-corrected chi connectivity index (χ1v) is 12.6. The van der Waals surface area contributed by atoms with Crippen LogP contribution in [0.3, 0.4) is 0 Å². The summed E-state index contributed by atoms with van der Waals surface area (Å²) in [5.41, 5.74) is 1.28. The van der Waals surface area contributed by atoms with Gasteiger partial charge in [-0.2, -0.15) is 0 Å². The van der Waals surface area contributed by atoms with Crippen molar-refractivity contribution < 1.29 is 9.53 Å². The second-order valence-corrected chi connectivity index (χ2v) is 9.22. The molecule has 32 heavy (non-hydrogen) atoms. The number of hydrogen-bond donors (Lipinski definition) is 2. The fraction of sp³-hybridized carbons (Fsp3) is 0.692. The van der Waals surface area contributed by atoms with Crippen molar-refractivity contribution in [3.63, 3.8) is 0 Å². The predicted octanol–water partition coefficient (Wildman–Crippen LogP) is 3.76. The van der Waals surface area contributed by atoms with Gasteiger partial charge in [0.1, 0.15) is 0 Å². The lowest BCUT2D eigenvalue weighted by Crippen LogP contribution is -2.40. The Morgan fingerprint density at radius 2 is 1.91 bits per heavy atom. The quantitative estimate of drug-likeness (QED) is 0.294. The Morgan fingerprint density at radius 3 is 2.69 bits per heavy atom. The maximum Gasteiger partial charge on any atom is 0.223 e. The number of carbonyl (C=O) groups is 1. The molecule has 1 heterocycles. The maximum atomic E-state index is 12.4. The minimum absolute atomic E-state index is 0.270. The number of guanidine groups is 1. The molecule has 6 nitrogen and oxygen atoms in total. The van der Waals surface area contributed by atoms with E-state index >= 15 is 0 Å². The van der Waals surface area contributed by atoms with Gasteiger partial charge in [0.15, 0.2) is 5.96 Å². The van der Waals surface area contributed by atoms with Gasteiger partial charge in [-0.3, -0.25) is 9.79 Å². The highest BCUT2D eigenvalue weighted by atomic mass is 16.5. The lowest BCUT2D eigenvalue weighted by Gasteiger charge is -2.21. The molecule has 0 radical (unpaired) electrons. The highest BCUT2D eigenvalue weighted by molar-refractivity contribution is 5.80. The molecule has 1 saturated carbocycles. The van der Waals surface area contributed by atoms with Gasteiger partial charge in [0.2, 0.25) is 5.91 Å². The van der Waals surface area contributed by atoms with E-state index in [1.807, 2.05) is 11.0 Å². The smallest absolute Gasteiger partial charge is 0.223 e. The van der Waals surface area contributed by atoms with E-state index in [4.69, 9.17) is 4.74 Å². The van der Waals surface area contributed by atoms with E-state index in [2.05, 4.69) is 39.9 Å². The van der Waals surface area contributed by atoms with Crippen LogP contribution in [0.25, 0.3) is 0 Å². The zero-order chi connectivity index (χ0) is 22.4. The monoisotopic (exact) mass is 442 g/mol. The van der Waals surface area contributed by atoms with Crippen molar-refractivity contribution in [3.05, 3.63) is 35.9 Å². The molecule has 2 N–H and O–H groups in total. The lowest BCUT2D eigenvalue weighted by molar-refractivity contribution is -0.127. The fourth-order valence-electron chi connectivity index (χ4n) is 4.67. The highest BCUT2D eigenvalue weighted by Crippen LogP contribution is 2.20. The van der Waals surface area contributed by atoms with Crippen molar-refractivity contribution in [1.29, 1.82) is 0 Å². The number of unbranched alkanes of at least 4 members (excludes halogenated alkanes) is 2. The molecular formula is C26H42N4O2. The van der Waals surface area contributed by atoms with E-state index in [0.29, 0.717) is 18.4 Å². The Kier molecular flexibility index (Phi) is 10.9. The third-order valence-corrected chi connectivity index (χ3v) is 6.61. The average molecular weight is 443 g/mol. The van der Waals surface area contributed by atoms with Gasteiger partial charge < -0.3 is 20.3 Å². The third kappa shape index (κ3) is 8.81. The van der Waals surface area contributed by atoms with Gasteiger partial charge in [-0.1, -0.05) is 49.6 Å². The van der Waals surface area contributed by atoms with E-state index in [9.17, 15) is 4.79 Å². The minimum Gasteiger partial charge on any atom is -0.378 e. The summed E-state index contributed by atoms with van der Waals surface area (Å²) in [5, 5.41) is 6.81. The number of rotatable bonds is 12. The van der Waals surface area contributed by atoms with Crippen LogP contribution in [0.4, 0.5) is 0 Å². The van der Waals surface area contributed by atoms with Crippen LogP contribution in [0.15, 0.2) is 35.3 Å². The summed E-state index contributed by atoms with van der Waals surface area (Å²) in [7, 11) is 1.80. The molecule has 1 aliphatic heterocycles. The van der Waals surface area contributed by atoms with Gasteiger partial charge in [-0.05, 0) is 44.1 Å². The van der Waals surface area contributed by atoms with Gasteiger partial charge in [0.25, 0.3) is 0 Å². The number of nitrogens with zero attached hydrogens (tertiary/aromatic N) is 2. The molecule has 1 aromatic carbocycles. The summed E-state index contributed by atoms with van der Waals surface area (Å²) in [4.78, 5) is 18.7. The molecule has 3 rings (SSSR count). The number of likely N-dealkylation sites (tertiary alicyclic amines) is 1. The molecule has 2 fully saturated rings. The Balaban J connectivity index is 1.22. The van der Waals surface area contributed by atoms with Gasteiger partial charge in [0, 0.05) is 52.2 Å². The van der Waals surface area contributed by atoms with Crippen molar-refractivity contribution in [2.75, 3.05) is 39.8 Å². The predicted molar refractivity (Wildman–Crippen MR) is 131 cm³/mol. The molecule has 1 unspecified atom stereocenters. The van der Waals surface area contributed by atoms with E-state index in [1.54, 1.807) is 7.05 Å². The van der Waals surface area contributed by atoms with Gasteiger partial charge in [-0.25, -0.2) is 0 Å². The molecular weight excluding hydrogens is 400 g/mol.